The molecule has 1 aliphatic carbocycles. The number of aliphatic carboxylic acids is 1. The van der Waals surface area contributed by atoms with Gasteiger partial charge in [-0.05, 0) is 61.4 Å². The Hall–Kier alpha value is -4.17. The number of rotatable bonds is 8. The first-order chi connectivity index (χ1) is 19.6. The van der Waals surface area contributed by atoms with E-state index in [9.17, 15) is 19.5 Å². The molecule has 8 heteroatoms. The van der Waals surface area contributed by atoms with Crippen LogP contribution in [0.3, 0.4) is 0 Å². The molecule has 3 aromatic carbocycles. The number of nitrogens with zero attached hydrogens (tertiary/aromatic N) is 1. The van der Waals surface area contributed by atoms with Gasteiger partial charge in [0.15, 0.2) is 0 Å². The van der Waals surface area contributed by atoms with E-state index in [0.29, 0.717) is 24.9 Å². The van der Waals surface area contributed by atoms with E-state index in [1.807, 2.05) is 54.6 Å². The number of ether oxygens (including phenoxy) is 2. The zero-order valence-corrected chi connectivity index (χ0v) is 23.6. The van der Waals surface area contributed by atoms with Crippen LogP contribution in [0.25, 0.3) is 11.1 Å². The highest BCUT2D eigenvalue weighted by atomic mass is 16.6. The standard InChI is InChI=1S/C33H36N2O6/c1-32(2,3)41-31(39)34-28-18-11-19-35(28)33(29(36)37,20-22-12-5-4-6-13-22)30(38)40-21-27-25-16-9-7-14-23(25)24-15-8-10-17-26(24)27/h4-10,12-17,27-28H,11,18-21H2,1-3H3,(H,34,39)(H,36,37)/t28-,33?/m0/s1. The van der Waals surface area contributed by atoms with Crippen LogP contribution in [0.4, 0.5) is 4.79 Å². The van der Waals surface area contributed by atoms with Crippen molar-refractivity contribution >= 4 is 18.0 Å². The normalized spacial score (nSPS) is 18.2. The molecule has 0 spiro atoms. The van der Waals surface area contributed by atoms with Gasteiger partial charge in [-0.1, -0.05) is 78.9 Å². The number of likely N-dealkylation sites (tertiary alicyclic amines) is 1. The summed E-state index contributed by atoms with van der Waals surface area (Å²) in [7, 11) is 0. The summed E-state index contributed by atoms with van der Waals surface area (Å²) in [6, 6.07) is 25.0. The van der Waals surface area contributed by atoms with Crippen molar-refractivity contribution in [2.24, 2.45) is 0 Å². The van der Waals surface area contributed by atoms with Crippen molar-refractivity contribution in [3.8, 4) is 11.1 Å². The molecule has 1 heterocycles. The molecule has 0 bridgehead atoms. The Bertz CT molecular complexity index is 1390. The topological polar surface area (TPSA) is 105 Å². The molecule has 1 aliphatic heterocycles. The maximum Gasteiger partial charge on any atom is 0.408 e. The molecule has 2 atom stereocenters. The first-order valence-corrected chi connectivity index (χ1v) is 14.0. The fourth-order valence-electron chi connectivity index (χ4n) is 6.00. The van der Waals surface area contributed by atoms with E-state index in [4.69, 9.17) is 9.47 Å². The quantitative estimate of drug-likeness (QED) is 0.284. The highest BCUT2D eigenvalue weighted by molar-refractivity contribution is 6.04. The predicted octanol–water partition coefficient (Wildman–Crippen LogP) is 5.35. The summed E-state index contributed by atoms with van der Waals surface area (Å²) in [5, 5.41) is 13.6. The van der Waals surface area contributed by atoms with E-state index in [0.717, 1.165) is 22.3 Å². The number of carboxylic acid groups (broad SMARTS) is 1. The molecular formula is C33H36N2O6. The zero-order valence-electron chi connectivity index (χ0n) is 23.6. The number of carboxylic acids is 1. The molecule has 2 N–H and O–H groups in total. The number of carbonyl (C=O) groups is 3. The second-order valence-corrected chi connectivity index (χ2v) is 11.7. The van der Waals surface area contributed by atoms with E-state index in [1.54, 1.807) is 49.9 Å². The number of amides is 1. The molecule has 214 valence electrons. The lowest BCUT2D eigenvalue weighted by Gasteiger charge is -2.40. The van der Waals surface area contributed by atoms with Gasteiger partial charge in [-0.2, -0.15) is 0 Å². The molecule has 0 radical (unpaired) electrons. The fraction of sp³-hybridized carbons (Fsp3) is 0.364. The zero-order chi connectivity index (χ0) is 29.2. The van der Waals surface area contributed by atoms with Gasteiger partial charge in [0.25, 0.3) is 0 Å². The summed E-state index contributed by atoms with van der Waals surface area (Å²) < 4.78 is 11.4. The molecule has 1 fully saturated rings. The number of hydrogen-bond acceptors (Lipinski definition) is 6. The molecule has 1 unspecified atom stereocenters. The summed E-state index contributed by atoms with van der Waals surface area (Å²) in [5.74, 6) is -2.39. The van der Waals surface area contributed by atoms with E-state index < -0.39 is 35.3 Å². The van der Waals surface area contributed by atoms with Crippen LogP contribution in [-0.4, -0.2) is 58.5 Å². The van der Waals surface area contributed by atoms with E-state index in [-0.39, 0.29) is 18.9 Å². The average molecular weight is 557 g/mol. The summed E-state index contributed by atoms with van der Waals surface area (Å²) in [6.07, 6.45) is -0.432. The Morgan fingerprint density at radius 2 is 1.49 bits per heavy atom. The maximum atomic E-state index is 14.2. The van der Waals surface area contributed by atoms with Crippen molar-refractivity contribution in [3.05, 3.63) is 95.6 Å². The molecule has 8 nitrogen and oxygen atoms in total. The smallest absolute Gasteiger partial charge is 0.408 e. The predicted molar refractivity (Wildman–Crippen MR) is 154 cm³/mol. The molecule has 1 saturated heterocycles. The lowest BCUT2D eigenvalue weighted by Crippen LogP contribution is -2.66. The number of benzene rings is 3. The van der Waals surface area contributed by atoms with Crippen LogP contribution in [0.5, 0.6) is 0 Å². The number of nitrogens with one attached hydrogen (secondary N) is 1. The minimum atomic E-state index is -2.06. The summed E-state index contributed by atoms with van der Waals surface area (Å²) in [6.45, 7) is 5.56. The van der Waals surface area contributed by atoms with Gasteiger partial charge in [0.05, 0.1) is 6.17 Å². The molecule has 1 amide bonds. The van der Waals surface area contributed by atoms with Crippen molar-refractivity contribution in [2.45, 2.75) is 63.3 Å². The SMILES string of the molecule is CC(C)(C)OC(=O)N[C@@H]1CCCN1C(Cc1ccccc1)(C(=O)O)C(=O)OCC1c2ccccc2-c2ccccc21. The van der Waals surface area contributed by atoms with Gasteiger partial charge < -0.3 is 19.9 Å². The van der Waals surface area contributed by atoms with Gasteiger partial charge in [0, 0.05) is 18.9 Å². The fourth-order valence-corrected chi connectivity index (χ4v) is 6.00. The van der Waals surface area contributed by atoms with Crippen molar-refractivity contribution in [2.75, 3.05) is 13.2 Å². The van der Waals surface area contributed by atoms with Crippen LogP contribution in [0.2, 0.25) is 0 Å². The third kappa shape index (κ3) is 5.70. The lowest BCUT2D eigenvalue weighted by molar-refractivity contribution is -0.174. The highest BCUT2D eigenvalue weighted by Gasteiger charge is 2.56. The largest absolute Gasteiger partial charge is 0.479 e. The van der Waals surface area contributed by atoms with Gasteiger partial charge in [-0.3, -0.25) is 4.90 Å². The van der Waals surface area contributed by atoms with E-state index >= 15 is 0 Å². The van der Waals surface area contributed by atoms with Crippen LogP contribution >= 0.6 is 0 Å². The van der Waals surface area contributed by atoms with Gasteiger partial charge in [0.2, 0.25) is 5.54 Å². The van der Waals surface area contributed by atoms with Gasteiger partial charge in [0.1, 0.15) is 12.2 Å². The minimum Gasteiger partial charge on any atom is -0.479 e. The van der Waals surface area contributed by atoms with Gasteiger partial charge >= 0.3 is 18.0 Å². The third-order valence-corrected chi connectivity index (χ3v) is 7.76. The maximum absolute atomic E-state index is 14.2. The molecule has 0 saturated carbocycles. The van der Waals surface area contributed by atoms with E-state index in [1.165, 1.54) is 0 Å². The Kier molecular flexibility index (Phi) is 7.87. The number of alkyl carbamates (subject to hydrolysis) is 1. The summed E-state index contributed by atoms with van der Waals surface area (Å²) in [5.41, 5.74) is 2.13. The second-order valence-electron chi connectivity index (χ2n) is 11.7. The van der Waals surface area contributed by atoms with Crippen LogP contribution < -0.4 is 5.32 Å². The van der Waals surface area contributed by atoms with Crippen LogP contribution in [0.15, 0.2) is 78.9 Å². The van der Waals surface area contributed by atoms with Crippen molar-refractivity contribution in [1.82, 2.24) is 10.2 Å². The van der Waals surface area contributed by atoms with Crippen LogP contribution in [0.1, 0.15) is 56.2 Å². The Balaban J connectivity index is 1.46. The molecular weight excluding hydrogens is 520 g/mol. The summed E-state index contributed by atoms with van der Waals surface area (Å²) >= 11 is 0. The Morgan fingerprint density at radius 3 is 2.07 bits per heavy atom. The van der Waals surface area contributed by atoms with Crippen molar-refractivity contribution in [1.29, 1.82) is 0 Å². The van der Waals surface area contributed by atoms with Crippen molar-refractivity contribution in [3.63, 3.8) is 0 Å². The number of hydrogen-bond donors (Lipinski definition) is 2. The molecule has 2 aliphatic rings. The second kappa shape index (κ2) is 11.4. The monoisotopic (exact) mass is 556 g/mol. The molecule has 41 heavy (non-hydrogen) atoms. The summed E-state index contributed by atoms with van der Waals surface area (Å²) in [4.78, 5) is 41.6. The lowest BCUT2D eigenvalue weighted by atomic mass is 9.88. The first-order valence-electron chi connectivity index (χ1n) is 14.0. The molecule has 3 aromatic rings. The van der Waals surface area contributed by atoms with E-state index in [2.05, 4.69) is 5.32 Å². The van der Waals surface area contributed by atoms with Gasteiger partial charge in [-0.25, -0.2) is 14.4 Å². The van der Waals surface area contributed by atoms with Crippen molar-refractivity contribution < 1.29 is 29.0 Å². The highest BCUT2D eigenvalue weighted by Crippen LogP contribution is 2.45. The average Bonchev–Trinajstić information content (AvgIpc) is 3.52. The number of esters is 1. The van der Waals surface area contributed by atoms with Crippen LogP contribution in [0, 0.1) is 0 Å². The third-order valence-electron chi connectivity index (χ3n) is 7.76. The Morgan fingerprint density at radius 1 is 0.902 bits per heavy atom. The first kappa shape index (κ1) is 28.4. The van der Waals surface area contributed by atoms with Crippen LogP contribution in [-0.2, 0) is 25.5 Å². The molecule has 0 aromatic heterocycles. The van der Waals surface area contributed by atoms with Gasteiger partial charge in [-0.15, -0.1) is 0 Å². The molecule has 5 rings (SSSR count). The minimum absolute atomic E-state index is 0.00528. The number of carbonyl (C=O) groups excluding carboxylic acids is 2. The Labute approximate surface area is 240 Å². The number of fused-ring (bicyclic) bond motifs is 3.